The van der Waals surface area contributed by atoms with E-state index in [1.165, 1.54) is 24.0 Å². The van der Waals surface area contributed by atoms with Crippen molar-refractivity contribution in [3.63, 3.8) is 0 Å². The van der Waals surface area contributed by atoms with Crippen LogP contribution in [0, 0.1) is 5.92 Å². The summed E-state index contributed by atoms with van der Waals surface area (Å²) in [6, 6.07) is 9.01. The molecule has 0 radical (unpaired) electrons. The number of amides is 1. The van der Waals surface area contributed by atoms with Gasteiger partial charge in [0, 0.05) is 19.5 Å². The molecule has 0 bridgehead atoms. The van der Waals surface area contributed by atoms with Gasteiger partial charge in [-0.2, -0.15) is 0 Å². The number of piperidine rings is 1. The fourth-order valence-corrected chi connectivity index (χ4v) is 3.42. The normalized spacial score (nSPS) is 17.9. The Morgan fingerprint density at radius 2 is 1.78 bits per heavy atom. The first-order valence-corrected chi connectivity index (χ1v) is 9.03. The molecular formula is C20H32N2O. The molecule has 3 nitrogen and oxygen atoms in total. The molecule has 1 atom stereocenters. The second-order valence-electron chi connectivity index (χ2n) is 7.06. The third-order valence-electron chi connectivity index (χ3n) is 5.51. The number of likely N-dealkylation sites (tertiary alicyclic amines) is 1. The van der Waals surface area contributed by atoms with Crippen LogP contribution in [0.5, 0.6) is 0 Å². The number of nitrogens with zero attached hydrogens (tertiary/aromatic N) is 2. The van der Waals surface area contributed by atoms with E-state index in [9.17, 15) is 4.79 Å². The molecule has 1 amide bonds. The number of benzene rings is 1. The lowest BCUT2D eigenvalue weighted by Gasteiger charge is -2.37. The van der Waals surface area contributed by atoms with Crippen molar-refractivity contribution in [1.29, 1.82) is 0 Å². The maximum Gasteiger partial charge on any atom is 0.222 e. The molecule has 0 saturated carbocycles. The molecule has 1 aliphatic heterocycles. The fourth-order valence-electron chi connectivity index (χ4n) is 3.42. The van der Waals surface area contributed by atoms with Crippen LogP contribution in [0.25, 0.3) is 0 Å². The molecule has 0 N–H and O–H groups in total. The number of aryl methyl sites for hydroxylation is 2. The van der Waals surface area contributed by atoms with Crippen molar-refractivity contribution in [3.8, 4) is 0 Å². The standard InChI is InChI=1S/C20H32N2O/c1-5-17-6-8-18(9-7-17)10-11-20(23)22(4)16(2)19-12-14-21(3)15-13-19/h6-9,16,19H,5,10-15H2,1-4H3/t16-/m1/s1. The van der Waals surface area contributed by atoms with Crippen molar-refractivity contribution >= 4 is 5.91 Å². The van der Waals surface area contributed by atoms with Crippen molar-refractivity contribution < 1.29 is 4.79 Å². The monoisotopic (exact) mass is 316 g/mol. The molecule has 1 aromatic carbocycles. The van der Waals surface area contributed by atoms with Gasteiger partial charge in [-0.05, 0) is 69.8 Å². The maximum absolute atomic E-state index is 12.5. The first-order chi connectivity index (χ1) is 11.0. The van der Waals surface area contributed by atoms with Crippen molar-refractivity contribution in [2.45, 2.75) is 52.0 Å². The van der Waals surface area contributed by atoms with Gasteiger partial charge < -0.3 is 9.80 Å². The van der Waals surface area contributed by atoms with Gasteiger partial charge in [0.15, 0.2) is 0 Å². The summed E-state index contributed by atoms with van der Waals surface area (Å²) < 4.78 is 0. The van der Waals surface area contributed by atoms with Crippen LogP contribution in [0.3, 0.4) is 0 Å². The van der Waals surface area contributed by atoms with Crippen molar-refractivity contribution in [1.82, 2.24) is 9.80 Å². The Balaban J connectivity index is 1.81. The Hall–Kier alpha value is -1.35. The largest absolute Gasteiger partial charge is 0.343 e. The van der Waals surface area contributed by atoms with Crippen molar-refractivity contribution in [2.24, 2.45) is 5.92 Å². The number of carbonyl (C=O) groups excluding carboxylic acids is 1. The van der Waals surface area contributed by atoms with E-state index in [1.54, 1.807) is 0 Å². The molecule has 128 valence electrons. The first kappa shape index (κ1) is 18.0. The summed E-state index contributed by atoms with van der Waals surface area (Å²) in [7, 11) is 4.16. The van der Waals surface area contributed by atoms with Crippen molar-refractivity contribution in [2.75, 3.05) is 27.2 Å². The Morgan fingerprint density at radius 1 is 1.22 bits per heavy atom. The molecule has 0 aromatic heterocycles. The second-order valence-corrected chi connectivity index (χ2v) is 7.06. The summed E-state index contributed by atoms with van der Waals surface area (Å²) in [5.41, 5.74) is 2.61. The van der Waals surface area contributed by atoms with E-state index in [2.05, 4.69) is 50.1 Å². The molecule has 1 fully saturated rings. The average molecular weight is 316 g/mol. The SMILES string of the molecule is CCc1ccc(CCC(=O)N(C)[C@H](C)C2CCN(C)CC2)cc1. The third kappa shape index (κ3) is 5.07. The Labute approximate surface area is 141 Å². The van der Waals surface area contributed by atoms with Gasteiger partial charge in [-0.25, -0.2) is 0 Å². The third-order valence-corrected chi connectivity index (χ3v) is 5.51. The number of rotatable bonds is 6. The highest BCUT2D eigenvalue weighted by Crippen LogP contribution is 2.23. The molecule has 3 heteroatoms. The molecule has 0 unspecified atom stereocenters. The molecule has 0 spiro atoms. The van der Waals surface area contributed by atoms with Crippen LogP contribution < -0.4 is 0 Å². The zero-order valence-corrected chi connectivity index (χ0v) is 15.2. The van der Waals surface area contributed by atoms with Crippen LogP contribution in [0.4, 0.5) is 0 Å². The summed E-state index contributed by atoms with van der Waals surface area (Å²) >= 11 is 0. The molecule has 1 aromatic rings. The quantitative estimate of drug-likeness (QED) is 0.803. The molecule has 1 saturated heterocycles. The highest BCUT2D eigenvalue weighted by molar-refractivity contribution is 5.76. The van der Waals surface area contributed by atoms with E-state index in [-0.39, 0.29) is 5.91 Å². The predicted octanol–water partition coefficient (Wildman–Crippen LogP) is 3.37. The van der Waals surface area contributed by atoms with Crippen LogP contribution in [-0.2, 0) is 17.6 Å². The summed E-state index contributed by atoms with van der Waals surface area (Å²) in [6.07, 6.45) is 4.92. The summed E-state index contributed by atoms with van der Waals surface area (Å²) in [6.45, 7) is 6.68. The van der Waals surface area contributed by atoms with E-state index in [0.29, 0.717) is 18.4 Å². The molecular weight excluding hydrogens is 284 g/mol. The Kier molecular flexibility index (Phi) is 6.64. The highest BCUT2D eigenvalue weighted by Gasteiger charge is 2.27. The zero-order valence-electron chi connectivity index (χ0n) is 15.2. The van der Waals surface area contributed by atoms with Gasteiger partial charge in [-0.1, -0.05) is 31.2 Å². The van der Waals surface area contributed by atoms with Gasteiger partial charge in [-0.15, -0.1) is 0 Å². The Morgan fingerprint density at radius 3 is 2.35 bits per heavy atom. The van der Waals surface area contributed by atoms with Gasteiger partial charge in [0.1, 0.15) is 0 Å². The Bertz CT molecular complexity index is 489. The van der Waals surface area contributed by atoms with E-state index in [4.69, 9.17) is 0 Å². The number of hydrogen-bond acceptors (Lipinski definition) is 2. The minimum absolute atomic E-state index is 0.274. The lowest BCUT2D eigenvalue weighted by molar-refractivity contribution is -0.132. The van der Waals surface area contributed by atoms with Crippen molar-refractivity contribution in [3.05, 3.63) is 35.4 Å². The molecule has 0 aliphatic carbocycles. The van der Waals surface area contributed by atoms with E-state index >= 15 is 0 Å². The highest BCUT2D eigenvalue weighted by atomic mass is 16.2. The summed E-state index contributed by atoms with van der Waals surface area (Å²) in [5, 5.41) is 0. The lowest BCUT2D eigenvalue weighted by atomic mass is 9.89. The van der Waals surface area contributed by atoms with E-state index in [0.717, 1.165) is 25.9 Å². The van der Waals surface area contributed by atoms with Crippen LogP contribution in [-0.4, -0.2) is 48.9 Å². The smallest absolute Gasteiger partial charge is 0.222 e. The van der Waals surface area contributed by atoms with Crippen LogP contribution in [0.15, 0.2) is 24.3 Å². The topological polar surface area (TPSA) is 23.6 Å². The van der Waals surface area contributed by atoms with Crippen LogP contribution in [0.1, 0.15) is 44.2 Å². The number of carbonyl (C=O) groups is 1. The van der Waals surface area contributed by atoms with Gasteiger partial charge in [-0.3, -0.25) is 4.79 Å². The minimum atomic E-state index is 0.274. The second kappa shape index (κ2) is 8.49. The number of hydrogen-bond donors (Lipinski definition) is 0. The minimum Gasteiger partial charge on any atom is -0.343 e. The lowest BCUT2D eigenvalue weighted by Crippen LogP contribution is -2.44. The zero-order chi connectivity index (χ0) is 16.8. The van der Waals surface area contributed by atoms with E-state index < -0.39 is 0 Å². The first-order valence-electron chi connectivity index (χ1n) is 9.03. The van der Waals surface area contributed by atoms with Gasteiger partial charge >= 0.3 is 0 Å². The fraction of sp³-hybridized carbons (Fsp3) is 0.650. The van der Waals surface area contributed by atoms with Gasteiger partial charge in [0.25, 0.3) is 0 Å². The van der Waals surface area contributed by atoms with Gasteiger partial charge in [0.05, 0.1) is 0 Å². The van der Waals surface area contributed by atoms with E-state index in [1.807, 2.05) is 11.9 Å². The molecule has 1 heterocycles. The van der Waals surface area contributed by atoms with Crippen LogP contribution >= 0.6 is 0 Å². The summed E-state index contributed by atoms with van der Waals surface area (Å²) in [4.78, 5) is 16.9. The van der Waals surface area contributed by atoms with Gasteiger partial charge in [0.2, 0.25) is 5.91 Å². The molecule has 23 heavy (non-hydrogen) atoms. The average Bonchev–Trinajstić information content (AvgIpc) is 2.59. The molecule has 2 rings (SSSR count). The van der Waals surface area contributed by atoms with Crippen LogP contribution in [0.2, 0.25) is 0 Å². The maximum atomic E-state index is 12.5. The predicted molar refractivity (Wildman–Crippen MR) is 96.6 cm³/mol. The summed E-state index contributed by atoms with van der Waals surface area (Å²) in [5.74, 6) is 0.917. The molecule has 1 aliphatic rings.